The summed E-state index contributed by atoms with van der Waals surface area (Å²) in [6, 6.07) is 11.7. The van der Waals surface area contributed by atoms with Crippen molar-refractivity contribution in [3.63, 3.8) is 0 Å². The Morgan fingerprint density at radius 2 is 1.81 bits per heavy atom. The van der Waals surface area contributed by atoms with Crippen LogP contribution in [0.4, 0.5) is 5.69 Å². The molecule has 0 atom stereocenters. The Labute approximate surface area is 141 Å². The number of rotatable bonds is 2. The normalized spacial score (nSPS) is 11.3. The summed E-state index contributed by atoms with van der Waals surface area (Å²) in [5.74, 6) is 0. The van der Waals surface area contributed by atoms with Gasteiger partial charge in [0.25, 0.3) is 10.0 Å². The number of nitrogens with two attached hydrogens (primary N) is 1. The van der Waals surface area contributed by atoms with E-state index in [1.54, 1.807) is 42.5 Å². The molecule has 0 spiro atoms. The van der Waals surface area contributed by atoms with Crippen LogP contribution in [0.3, 0.4) is 0 Å². The van der Waals surface area contributed by atoms with E-state index in [1.165, 1.54) is 10.2 Å². The largest absolute Gasteiger partial charge is 0.397 e. The number of hydrogen-bond donors (Lipinski definition) is 1. The molecule has 0 amide bonds. The fourth-order valence-corrected chi connectivity index (χ4v) is 4.70. The van der Waals surface area contributed by atoms with E-state index >= 15 is 0 Å². The van der Waals surface area contributed by atoms with Crippen LogP contribution < -0.4 is 5.73 Å². The maximum atomic E-state index is 12.7. The second-order valence-electron chi connectivity index (χ2n) is 4.23. The smallest absolute Gasteiger partial charge is 0.270 e. The number of benzene rings is 1. The van der Waals surface area contributed by atoms with Crippen molar-refractivity contribution < 1.29 is 8.42 Å². The molecule has 0 aliphatic rings. The topological polar surface area (TPSA) is 78.0 Å². The Bertz CT molecular complexity index is 894. The summed E-state index contributed by atoms with van der Waals surface area (Å²) in [7, 11) is -3.66. The molecule has 0 saturated carbocycles. The van der Waals surface area contributed by atoms with E-state index in [0.717, 1.165) is 0 Å². The summed E-state index contributed by atoms with van der Waals surface area (Å²) < 4.78 is 27.2. The lowest BCUT2D eigenvalue weighted by Crippen LogP contribution is -2.14. The average Bonchev–Trinajstić information content (AvgIpc) is 2.75. The molecule has 1 aromatic carbocycles. The van der Waals surface area contributed by atoms with Crippen LogP contribution in [0.1, 0.15) is 0 Å². The van der Waals surface area contributed by atoms with Gasteiger partial charge in [-0.15, -0.1) is 12.4 Å². The Hall–Kier alpha value is -1.32. The number of hydrogen-bond acceptors (Lipinski definition) is 4. The van der Waals surface area contributed by atoms with E-state index in [4.69, 9.17) is 5.73 Å². The van der Waals surface area contributed by atoms with Crippen LogP contribution in [0.2, 0.25) is 0 Å². The molecule has 0 bridgehead atoms. The Morgan fingerprint density at radius 3 is 2.48 bits per heavy atom. The molecule has 2 aromatic heterocycles. The van der Waals surface area contributed by atoms with E-state index in [2.05, 4.69) is 4.98 Å². The molecule has 0 aliphatic carbocycles. The first-order valence-electron chi connectivity index (χ1n) is 5.73. The molecule has 2 N–H and O–H groups in total. The molecule has 8 heteroatoms. The number of fused-ring (bicyclic) bond motifs is 1. The first-order chi connectivity index (χ1) is 9.50. The SMILES string of the molecule is Cl.Nc1cnc2c(c1)cc(I)n2S(=O)(=O)c1ccccc1. The fourth-order valence-electron chi connectivity index (χ4n) is 1.98. The minimum atomic E-state index is -3.66. The third-order valence-corrected chi connectivity index (χ3v) is 5.70. The molecule has 0 fully saturated rings. The lowest BCUT2D eigenvalue weighted by molar-refractivity contribution is 0.588. The molecular weight excluding hydrogens is 425 g/mol. The summed E-state index contributed by atoms with van der Waals surface area (Å²) in [6.45, 7) is 0. The van der Waals surface area contributed by atoms with E-state index < -0.39 is 10.0 Å². The first kappa shape index (κ1) is 16.1. The Morgan fingerprint density at radius 1 is 1.14 bits per heavy atom. The molecule has 0 unspecified atom stereocenters. The zero-order chi connectivity index (χ0) is 14.3. The van der Waals surface area contributed by atoms with Crippen molar-refractivity contribution in [3.8, 4) is 0 Å². The van der Waals surface area contributed by atoms with Crippen LogP contribution in [-0.4, -0.2) is 17.4 Å². The highest BCUT2D eigenvalue weighted by Gasteiger charge is 2.22. The molecule has 3 aromatic rings. The third kappa shape index (κ3) is 2.72. The second kappa shape index (κ2) is 5.82. The van der Waals surface area contributed by atoms with Gasteiger partial charge in [0, 0.05) is 5.39 Å². The maximum absolute atomic E-state index is 12.7. The van der Waals surface area contributed by atoms with E-state index in [9.17, 15) is 8.42 Å². The maximum Gasteiger partial charge on any atom is 0.270 e. The molecule has 21 heavy (non-hydrogen) atoms. The first-order valence-corrected chi connectivity index (χ1v) is 8.25. The lowest BCUT2D eigenvalue weighted by atomic mass is 10.3. The van der Waals surface area contributed by atoms with Gasteiger partial charge in [-0.1, -0.05) is 18.2 Å². The van der Waals surface area contributed by atoms with Crippen LogP contribution in [0.25, 0.3) is 11.0 Å². The van der Waals surface area contributed by atoms with Gasteiger partial charge in [-0.3, -0.25) is 0 Å². The van der Waals surface area contributed by atoms with Crippen LogP contribution in [0.5, 0.6) is 0 Å². The summed E-state index contributed by atoms with van der Waals surface area (Å²) in [6.07, 6.45) is 1.45. The molecule has 5 nitrogen and oxygen atoms in total. The molecule has 110 valence electrons. The van der Waals surface area contributed by atoms with Crippen molar-refractivity contribution >= 4 is 61.7 Å². The van der Waals surface area contributed by atoms with E-state index in [-0.39, 0.29) is 17.3 Å². The Balaban J connectivity index is 0.00000161. The van der Waals surface area contributed by atoms with Crippen LogP contribution in [0, 0.1) is 3.70 Å². The highest BCUT2D eigenvalue weighted by molar-refractivity contribution is 14.1. The van der Waals surface area contributed by atoms with Gasteiger partial charge in [0.1, 0.15) is 0 Å². The van der Waals surface area contributed by atoms with Crippen molar-refractivity contribution in [2.75, 3.05) is 5.73 Å². The zero-order valence-corrected chi connectivity index (χ0v) is 14.4. The number of pyridine rings is 1. The van der Waals surface area contributed by atoms with E-state index in [0.29, 0.717) is 20.4 Å². The van der Waals surface area contributed by atoms with Gasteiger partial charge in [-0.25, -0.2) is 17.4 Å². The standard InChI is InChI=1S/C13H10IN3O2S.ClH/c14-12-7-9-6-10(15)8-16-13(9)17(12)20(18,19)11-4-2-1-3-5-11;/h1-8H,15H2;1H. The quantitative estimate of drug-likeness (QED) is 0.628. The fraction of sp³-hybridized carbons (Fsp3) is 0. The van der Waals surface area contributed by atoms with Crippen molar-refractivity contribution in [2.45, 2.75) is 4.90 Å². The van der Waals surface area contributed by atoms with Crippen molar-refractivity contribution in [1.29, 1.82) is 0 Å². The summed E-state index contributed by atoms with van der Waals surface area (Å²) in [5.41, 5.74) is 6.56. The molecule has 0 saturated heterocycles. The molecule has 0 aliphatic heterocycles. The predicted octanol–water partition coefficient (Wildman–Crippen LogP) is 2.88. The Kier molecular flexibility index (Phi) is 4.45. The number of anilines is 1. The van der Waals surface area contributed by atoms with Gasteiger partial charge in [-0.2, -0.15) is 0 Å². The molecule has 0 radical (unpaired) electrons. The van der Waals surface area contributed by atoms with Crippen LogP contribution in [-0.2, 0) is 10.0 Å². The van der Waals surface area contributed by atoms with Gasteiger partial charge in [-0.05, 0) is 46.9 Å². The lowest BCUT2D eigenvalue weighted by Gasteiger charge is -2.08. The predicted molar refractivity (Wildman–Crippen MR) is 93.1 cm³/mol. The van der Waals surface area contributed by atoms with E-state index in [1.807, 2.05) is 22.6 Å². The van der Waals surface area contributed by atoms with Gasteiger partial charge in [0.05, 0.1) is 20.5 Å². The van der Waals surface area contributed by atoms with Crippen LogP contribution >= 0.6 is 35.0 Å². The van der Waals surface area contributed by atoms with Gasteiger partial charge in [0.15, 0.2) is 5.65 Å². The number of halogens is 2. The number of aromatic nitrogens is 2. The minimum absolute atomic E-state index is 0. The third-order valence-electron chi connectivity index (χ3n) is 2.86. The molecule has 3 rings (SSSR count). The monoisotopic (exact) mass is 435 g/mol. The summed E-state index contributed by atoms with van der Waals surface area (Å²) in [5, 5.41) is 0.703. The number of nitrogen functional groups attached to an aromatic ring is 1. The van der Waals surface area contributed by atoms with Crippen molar-refractivity contribution in [2.24, 2.45) is 0 Å². The van der Waals surface area contributed by atoms with Crippen LogP contribution in [0.15, 0.2) is 53.6 Å². The van der Waals surface area contributed by atoms with Gasteiger partial charge < -0.3 is 5.73 Å². The minimum Gasteiger partial charge on any atom is -0.397 e. The second-order valence-corrected chi connectivity index (χ2v) is 7.12. The van der Waals surface area contributed by atoms with Gasteiger partial charge in [0.2, 0.25) is 0 Å². The molecular formula is C13H11ClIN3O2S. The summed E-state index contributed by atoms with van der Waals surface area (Å²) in [4.78, 5) is 4.38. The van der Waals surface area contributed by atoms with Crippen molar-refractivity contribution in [3.05, 3.63) is 52.4 Å². The zero-order valence-electron chi connectivity index (χ0n) is 10.6. The highest BCUT2D eigenvalue weighted by atomic mass is 127. The van der Waals surface area contributed by atoms with Gasteiger partial charge >= 0.3 is 0 Å². The van der Waals surface area contributed by atoms with Crippen molar-refractivity contribution in [1.82, 2.24) is 8.96 Å². The summed E-state index contributed by atoms with van der Waals surface area (Å²) >= 11 is 1.98. The number of nitrogens with zero attached hydrogens (tertiary/aromatic N) is 2. The highest BCUT2D eigenvalue weighted by Crippen LogP contribution is 2.26. The molecule has 2 heterocycles. The average molecular weight is 436 g/mol.